The number of hydrazine groups is 1. The Morgan fingerprint density at radius 3 is 2.62 bits per heavy atom. The maximum absolute atomic E-state index is 15.5. The van der Waals surface area contributed by atoms with E-state index in [1.807, 2.05) is 0 Å². The van der Waals surface area contributed by atoms with Gasteiger partial charge in [-0.05, 0) is 44.0 Å². The second-order valence-electron chi connectivity index (χ2n) is 12.4. The first-order chi connectivity index (χ1) is 24.7. The van der Waals surface area contributed by atoms with Gasteiger partial charge < -0.3 is 19.9 Å². The summed E-state index contributed by atoms with van der Waals surface area (Å²) >= 11 is 6.25. The highest BCUT2D eigenvalue weighted by Gasteiger charge is 2.53. The van der Waals surface area contributed by atoms with E-state index in [4.69, 9.17) is 21.1 Å². The third-order valence-electron chi connectivity index (χ3n) is 9.28. The summed E-state index contributed by atoms with van der Waals surface area (Å²) in [5, 5.41) is 25.3. The van der Waals surface area contributed by atoms with Crippen molar-refractivity contribution in [3.63, 3.8) is 0 Å². The SMILES string of the molecule is C[C@]12CCCN1N(Cc1ccc(OCCN3CCOCC3)c(F)c1F)C(=O)C(C(=O)Nc1ccc(C(F)(F)F)cc1-c1ncnc(C#N)c1Cl)=C2O. The quantitative estimate of drug-likeness (QED) is 0.220. The Balaban J connectivity index is 1.29. The molecule has 3 aromatic rings. The smallest absolute Gasteiger partial charge is 0.416 e. The predicted molar refractivity (Wildman–Crippen MR) is 174 cm³/mol. The van der Waals surface area contributed by atoms with Gasteiger partial charge in [-0.3, -0.25) is 19.5 Å². The molecule has 4 heterocycles. The van der Waals surface area contributed by atoms with Crippen molar-refractivity contribution in [3.8, 4) is 23.1 Å². The number of aromatic nitrogens is 2. The van der Waals surface area contributed by atoms with Crippen molar-refractivity contribution < 1.29 is 46.1 Å². The minimum Gasteiger partial charge on any atom is -0.509 e. The number of carbonyl (C=O) groups is 2. The Kier molecular flexibility index (Phi) is 10.4. The lowest BCUT2D eigenvalue weighted by Crippen LogP contribution is -2.60. The first kappa shape index (κ1) is 36.9. The molecule has 0 saturated carbocycles. The van der Waals surface area contributed by atoms with Crippen molar-refractivity contribution >= 4 is 29.1 Å². The summed E-state index contributed by atoms with van der Waals surface area (Å²) < 4.78 is 82.7. The van der Waals surface area contributed by atoms with Crippen molar-refractivity contribution in [2.75, 3.05) is 51.3 Å². The molecular formula is C34H31ClF5N7O5. The van der Waals surface area contributed by atoms with Crippen LogP contribution in [0.25, 0.3) is 11.3 Å². The fourth-order valence-electron chi connectivity index (χ4n) is 6.47. The van der Waals surface area contributed by atoms with Crippen LogP contribution in [0.4, 0.5) is 27.6 Å². The molecule has 3 aliphatic heterocycles. The molecule has 1 atom stereocenters. The maximum Gasteiger partial charge on any atom is 0.416 e. The number of fused-ring (bicyclic) bond motifs is 1. The number of halogens is 6. The second-order valence-corrected chi connectivity index (χ2v) is 12.8. The molecule has 2 aromatic carbocycles. The van der Waals surface area contributed by atoms with E-state index in [-0.39, 0.29) is 53.5 Å². The van der Waals surface area contributed by atoms with Crippen LogP contribution in [0.1, 0.15) is 36.6 Å². The number of alkyl halides is 3. The molecule has 3 aliphatic rings. The fraction of sp³-hybridized carbons (Fsp3) is 0.382. The molecule has 0 unspecified atom stereocenters. The van der Waals surface area contributed by atoms with Crippen molar-refractivity contribution in [1.82, 2.24) is 24.9 Å². The molecule has 18 heteroatoms. The van der Waals surface area contributed by atoms with Crippen LogP contribution in [-0.4, -0.2) is 93.3 Å². The topological polar surface area (TPSA) is 144 Å². The molecule has 0 aliphatic carbocycles. The third-order valence-corrected chi connectivity index (χ3v) is 9.64. The van der Waals surface area contributed by atoms with Crippen LogP contribution in [0.15, 0.2) is 48.0 Å². The van der Waals surface area contributed by atoms with E-state index >= 15 is 8.78 Å². The summed E-state index contributed by atoms with van der Waals surface area (Å²) in [6.07, 6.45) is -3.18. The number of ether oxygens (including phenoxy) is 2. The number of nitriles is 1. The van der Waals surface area contributed by atoms with Crippen molar-refractivity contribution in [1.29, 1.82) is 5.26 Å². The van der Waals surface area contributed by atoms with E-state index in [9.17, 15) is 33.1 Å². The molecule has 2 saturated heterocycles. The number of rotatable bonds is 9. The summed E-state index contributed by atoms with van der Waals surface area (Å²) in [6, 6.07) is 6.45. The van der Waals surface area contributed by atoms with Crippen molar-refractivity contribution in [2.45, 2.75) is 38.0 Å². The van der Waals surface area contributed by atoms with Gasteiger partial charge in [-0.1, -0.05) is 17.7 Å². The molecule has 274 valence electrons. The number of hydrogen-bond donors (Lipinski definition) is 2. The number of amides is 2. The van der Waals surface area contributed by atoms with E-state index in [0.29, 0.717) is 51.4 Å². The highest BCUT2D eigenvalue weighted by Crippen LogP contribution is 2.43. The van der Waals surface area contributed by atoms with E-state index in [1.165, 1.54) is 17.1 Å². The Hall–Kier alpha value is -4.89. The van der Waals surface area contributed by atoms with Gasteiger partial charge in [0.1, 0.15) is 35.4 Å². The zero-order chi connectivity index (χ0) is 37.4. The van der Waals surface area contributed by atoms with Gasteiger partial charge >= 0.3 is 6.18 Å². The molecule has 2 fully saturated rings. The average molecular weight is 748 g/mol. The Bertz CT molecular complexity index is 1980. The van der Waals surface area contributed by atoms with Crippen molar-refractivity contribution in [3.05, 3.63) is 81.5 Å². The van der Waals surface area contributed by atoms with Gasteiger partial charge in [-0.15, -0.1) is 0 Å². The maximum atomic E-state index is 15.5. The van der Waals surface area contributed by atoms with Crippen LogP contribution >= 0.6 is 11.6 Å². The Labute approximate surface area is 299 Å². The van der Waals surface area contributed by atoms with Gasteiger partial charge in [0.25, 0.3) is 11.8 Å². The molecule has 0 bridgehead atoms. The van der Waals surface area contributed by atoms with E-state index in [0.717, 1.165) is 17.4 Å². The first-order valence-electron chi connectivity index (χ1n) is 16.1. The Morgan fingerprint density at radius 1 is 1.15 bits per heavy atom. The number of carbonyl (C=O) groups excluding carboxylic acids is 2. The van der Waals surface area contributed by atoms with Gasteiger partial charge in [0, 0.05) is 37.3 Å². The van der Waals surface area contributed by atoms with Crippen LogP contribution in [-0.2, 0) is 27.0 Å². The fourth-order valence-corrected chi connectivity index (χ4v) is 6.71. The van der Waals surface area contributed by atoms with Gasteiger partial charge in [0.15, 0.2) is 17.3 Å². The average Bonchev–Trinajstić information content (AvgIpc) is 3.52. The van der Waals surface area contributed by atoms with Crippen LogP contribution in [0.5, 0.6) is 5.75 Å². The highest BCUT2D eigenvalue weighted by molar-refractivity contribution is 6.34. The van der Waals surface area contributed by atoms with Crippen LogP contribution < -0.4 is 10.1 Å². The van der Waals surface area contributed by atoms with E-state index < -0.39 is 63.6 Å². The molecule has 12 nitrogen and oxygen atoms in total. The zero-order valence-corrected chi connectivity index (χ0v) is 28.3. The van der Waals surface area contributed by atoms with Gasteiger partial charge in [0.05, 0.1) is 42.2 Å². The summed E-state index contributed by atoms with van der Waals surface area (Å²) in [7, 11) is 0. The lowest BCUT2D eigenvalue weighted by atomic mass is 9.90. The van der Waals surface area contributed by atoms with Gasteiger partial charge in [0.2, 0.25) is 5.82 Å². The minimum absolute atomic E-state index is 0.0958. The summed E-state index contributed by atoms with van der Waals surface area (Å²) in [6.45, 7) is 4.34. The first-order valence-corrected chi connectivity index (χ1v) is 16.5. The lowest BCUT2D eigenvalue weighted by molar-refractivity contribution is -0.160. The number of benzene rings is 2. The monoisotopic (exact) mass is 747 g/mol. The Morgan fingerprint density at radius 2 is 1.90 bits per heavy atom. The standard InChI is InChI=1S/C34H31ClF5N7O5/c1-33-7-2-8-47(33)46(17-19-3-6-24(28(37)27(19)36)52-14-11-45-9-12-51-13-10-45)32(50)25(30(33)48)31(49)44-22-5-4-20(34(38,39)40)15-21(22)29-26(35)23(16-41)42-18-43-29/h3-6,15,18,48H,2,7-14,17H2,1H3,(H,44,49)/t33-/m1/s1. The zero-order valence-electron chi connectivity index (χ0n) is 27.6. The molecule has 0 spiro atoms. The largest absolute Gasteiger partial charge is 0.509 e. The number of anilines is 1. The molecule has 1 aromatic heterocycles. The molecule has 6 rings (SSSR count). The lowest BCUT2D eigenvalue weighted by Gasteiger charge is -2.46. The van der Waals surface area contributed by atoms with Crippen LogP contribution in [0.2, 0.25) is 5.02 Å². The predicted octanol–water partition coefficient (Wildman–Crippen LogP) is 5.24. The second kappa shape index (κ2) is 14.6. The number of morpholine rings is 1. The molecule has 0 radical (unpaired) electrons. The molecule has 52 heavy (non-hydrogen) atoms. The van der Waals surface area contributed by atoms with Crippen LogP contribution in [0, 0.1) is 23.0 Å². The van der Waals surface area contributed by atoms with Crippen molar-refractivity contribution in [2.24, 2.45) is 0 Å². The highest BCUT2D eigenvalue weighted by atomic mass is 35.5. The summed E-state index contributed by atoms with van der Waals surface area (Å²) in [4.78, 5) is 37.6. The normalized spacial score (nSPS) is 19.8. The number of aliphatic hydroxyl groups is 1. The van der Waals surface area contributed by atoms with E-state index in [2.05, 4.69) is 20.2 Å². The minimum atomic E-state index is -4.82. The van der Waals surface area contributed by atoms with E-state index in [1.54, 1.807) is 13.0 Å². The summed E-state index contributed by atoms with van der Waals surface area (Å²) in [5.41, 5.74) is -4.76. The number of nitrogens with zero attached hydrogens (tertiary/aromatic N) is 6. The van der Waals surface area contributed by atoms with Gasteiger partial charge in [-0.2, -0.15) is 22.8 Å². The molecular weight excluding hydrogens is 717 g/mol. The third kappa shape index (κ3) is 6.98. The van der Waals surface area contributed by atoms with Gasteiger partial charge in [-0.25, -0.2) is 19.4 Å². The number of aliphatic hydroxyl groups excluding tert-OH is 1. The molecule has 2 amide bonds. The van der Waals surface area contributed by atoms with Crippen LogP contribution in [0.3, 0.4) is 0 Å². The summed E-state index contributed by atoms with van der Waals surface area (Å²) in [5.74, 6) is -5.73. The molecule has 2 N–H and O–H groups in total. The number of hydrogen-bond acceptors (Lipinski definition) is 10. The number of nitrogens with one attached hydrogen (secondary N) is 1.